The summed E-state index contributed by atoms with van der Waals surface area (Å²) in [4.78, 5) is 27.2. The lowest BCUT2D eigenvalue weighted by molar-refractivity contribution is -0.129. The monoisotopic (exact) mass is 302 g/mol. The van der Waals surface area contributed by atoms with Crippen LogP contribution in [0.15, 0.2) is 23.4 Å². The molecule has 0 saturated heterocycles. The Morgan fingerprint density at radius 2 is 2.16 bits per heavy atom. The Bertz CT molecular complexity index is 574. The smallest absolute Gasteiger partial charge is 0.353 e. The minimum Gasteiger partial charge on any atom is -0.477 e. The van der Waals surface area contributed by atoms with E-state index in [1.54, 1.807) is 6.07 Å². The first-order chi connectivity index (χ1) is 8.97. The molecule has 8 heteroatoms. The normalized spacial score (nSPS) is 17.6. The highest BCUT2D eigenvalue weighted by Gasteiger charge is 2.31. The Morgan fingerprint density at radius 1 is 1.42 bits per heavy atom. The van der Waals surface area contributed by atoms with Gasteiger partial charge in [0, 0.05) is 11.4 Å². The van der Waals surface area contributed by atoms with Crippen molar-refractivity contribution in [1.82, 2.24) is 0 Å². The second-order valence-electron chi connectivity index (χ2n) is 3.75. The number of nitrogens with zero attached hydrogens (tertiary/aromatic N) is 1. The maximum absolute atomic E-state index is 11.8. The molecule has 0 radical (unpaired) electrons. The van der Waals surface area contributed by atoms with Crippen molar-refractivity contribution in [2.24, 2.45) is 5.16 Å². The van der Waals surface area contributed by atoms with Crippen LogP contribution in [0.5, 0.6) is 0 Å². The van der Waals surface area contributed by atoms with Gasteiger partial charge in [-0.2, -0.15) is 0 Å². The molecule has 2 N–H and O–H groups in total. The summed E-state index contributed by atoms with van der Waals surface area (Å²) in [5, 5.41) is 15.3. The standard InChI is InChI=1S/C11H8Cl2N2O4/c12-5-1-2-7(6(13)3-5)14-10(16)9-4-8(11(17)18)15-19-9/h1-3,9H,4H2,(H,14,16)(H,17,18). The SMILES string of the molecule is O=C(O)C1=NOC(C(=O)Nc2ccc(Cl)cc2Cl)C1. The topological polar surface area (TPSA) is 88.0 Å². The quantitative estimate of drug-likeness (QED) is 0.895. The molecule has 19 heavy (non-hydrogen) atoms. The first-order valence-electron chi connectivity index (χ1n) is 5.19. The summed E-state index contributed by atoms with van der Waals surface area (Å²) < 4.78 is 0. The van der Waals surface area contributed by atoms with Crippen molar-refractivity contribution in [3.05, 3.63) is 28.2 Å². The fraction of sp³-hybridized carbons (Fsp3) is 0.182. The Balaban J connectivity index is 2.01. The van der Waals surface area contributed by atoms with E-state index >= 15 is 0 Å². The van der Waals surface area contributed by atoms with Crippen LogP contribution >= 0.6 is 23.2 Å². The molecule has 0 aromatic heterocycles. The van der Waals surface area contributed by atoms with Crippen molar-refractivity contribution in [3.8, 4) is 0 Å². The van der Waals surface area contributed by atoms with Gasteiger partial charge in [0.05, 0.1) is 10.7 Å². The van der Waals surface area contributed by atoms with E-state index in [1.165, 1.54) is 12.1 Å². The number of benzene rings is 1. The molecule has 1 heterocycles. The zero-order valence-electron chi connectivity index (χ0n) is 9.39. The molecule has 2 rings (SSSR count). The third-order valence-corrected chi connectivity index (χ3v) is 2.94. The van der Waals surface area contributed by atoms with Gasteiger partial charge >= 0.3 is 5.97 Å². The van der Waals surface area contributed by atoms with E-state index in [4.69, 9.17) is 33.1 Å². The highest BCUT2D eigenvalue weighted by Crippen LogP contribution is 2.26. The van der Waals surface area contributed by atoms with Gasteiger partial charge in [0.15, 0.2) is 5.71 Å². The molecule has 1 amide bonds. The molecule has 1 aliphatic rings. The average molecular weight is 303 g/mol. The van der Waals surface area contributed by atoms with E-state index in [2.05, 4.69) is 10.5 Å². The minimum atomic E-state index is -1.21. The average Bonchev–Trinajstić information content (AvgIpc) is 2.82. The number of hydrogen-bond donors (Lipinski definition) is 2. The lowest BCUT2D eigenvalue weighted by atomic mass is 10.1. The van der Waals surface area contributed by atoms with E-state index in [-0.39, 0.29) is 17.2 Å². The molecule has 1 unspecified atom stereocenters. The minimum absolute atomic E-state index is 0.0909. The lowest BCUT2D eigenvalue weighted by Crippen LogP contribution is -2.29. The van der Waals surface area contributed by atoms with Gasteiger partial charge in [0.2, 0.25) is 6.10 Å². The van der Waals surface area contributed by atoms with E-state index in [1.807, 2.05) is 0 Å². The van der Waals surface area contributed by atoms with Gasteiger partial charge in [0.1, 0.15) is 0 Å². The molecule has 1 aliphatic heterocycles. The van der Waals surface area contributed by atoms with Crippen molar-refractivity contribution >= 4 is 46.5 Å². The second kappa shape index (κ2) is 5.46. The maximum Gasteiger partial charge on any atom is 0.353 e. The predicted octanol–water partition coefficient (Wildman–Crippen LogP) is 2.16. The van der Waals surface area contributed by atoms with E-state index in [9.17, 15) is 9.59 Å². The first kappa shape index (κ1) is 13.6. The molecule has 0 bridgehead atoms. The molecule has 1 aromatic rings. The van der Waals surface area contributed by atoms with Crippen molar-refractivity contribution in [1.29, 1.82) is 0 Å². The zero-order chi connectivity index (χ0) is 14.0. The van der Waals surface area contributed by atoms with Crippen LogP contribution in [0, 0.1) is 0 Å². The molecule has 6 nitrogen and oxygen atoms in total. The van der Waals surface area contributed by atoms with E-state index < -0.39 is 18.0 Å². The number of carboxylic acids is 1. The van der Waals surface area contributed by atoms with Crippen molar-refractivity contribution in [2.75, 3.05) is 5.32 Å². The third-order valence-electron chi connectivity index (χ3n) is 2.40. The Hall–Kier alpha value is -1.79. The summed E-state index contributed by atoms with van der Waals surface area (Å²) in [5.41, 5.74) is 0.172. The largest absolute Gasteiger partial charge is 0.477 e. The number of carboxylic acid groups (broad SMARTS) is 1. The molecule has 0 fully saturated rings. The fourth-order valence-electron chi connectivity index (χ4n) is 1.45. The summed E-state index contributed by atoms with van der Waals surface area (Å²) in [6, 6.07) is 4.58. The number of carbonyl (C=O) groups is 2. The summed E-state index contributed by atoms with van der Waals surface area (Å²) in [6.07, 6.45) is -1.07. The second-order valence-corrected chi connectivity index (χ2v) is 4.60. The van der Waals surface area contributed by atoms with Crippen LogP contribution in [0.3, 0.4) is 0 Å². The Kier molecular flexibility index (Phi) is 3.92. The number of halogens is 2. The molecule has 100 valence electrons. The van der Waals surface area contributed by atoms with Gasteiger partial charge in [-0.1, -0.05) is 28.4 Å². The van der Waals surface area contributed by atoms with Crippen LogP contribution in [0.4, 0.5) is 5.69 Å². The summed E-state index contributed by atoms with van der Waals surface area (Å²) >= 11 is 11.6. The number of rotatable bonds is 3. The number of amides is 1. The number of hydrogen-bond acceptors (Lipinski definition) is 4. The number of carbonyl (C=O) groups excluding carboxylic acids is 1. The van der Waals surface area contributed by atoms with Crippen LogP contribution in [0.25, 0.3) is 0 Å². The number of oxime groups is 1. The molecule has 1 aromatic carbocycles. The van der Waals surface area contributed by atoms with Gasteiger partial charge in [-0.25, -0.2) is 4.79 Å². The molecular formula is C11H8Cl2N2O4. The van der Waals surface area contributed by atoms with Crippen molar-refractivity contribution in [2.45, 2.75) is 12.5 Å². The highest BCUT2D eigenvalue weighted by molar-refractivity contribution is 6.37. The summed E-state index contributed by atoms with van der Waals surface area (Å²) in [7, 11) is 0. The maximum atomic E-state index is 11.8. The van der Waals surface area contributed by atoms with Crippen LogP contribution in [-0.2, 0) is 14.4 Å². The van der Waals surface area contributed by atoms with Crippen molar-refractivity contribution < 1.29 is 19.5 Å². The number of aliphatic carboxylic acids is 1. The Labute approximate surface area is 117 Å². The van der Waals surface area contributed by atoms with Crippen LogP contribution in [0.1, 0.15) is 6.42 Å². The molecular weight excluding hydrogens is 295 g/mol. The molecule has 0 aliphatic carbocycles. The number of nitrogens with one attached hydrogen (secondary N) is 1. The molecule has 0 saturated carbocycles. The zero-order valence-corrected chi connectivity index (χ0v) is 10.9. The van der Waals surface area contributed by atoms with E-state index in [0.29, 0.717) is 10.7 Å². The van der Waals surface area contributed by atoms with Gasteiger partial charge in [0.25, 0.3) is 5.91 Å². The van der Waals surface area contributed by atoms with Crippen LogP contribution < -0.4 is 5.32 Å². The summed E-state index contributed by atoms with van der Waals surface area (Å²) in [5.74, 6) is -1.73. The molecule has 0 spiro atoms. The predicted molar refractivity (Wildman–Crippen MR) is 69.7 cm³/mol. The van der Waals surface area contributed by atoms with Crippen LogP contribution in [0.2, 0.25) is 10.0 Å². The van der Waals surface area contributed by atoms with E-state index in [0.717, 1.165) is 0 Å². The van der Waals surface area contributed by atoms with Gasteiger partial charge in [-0.05, 0) is 18.2 Å². The highest BCUT2D eigenvalue weighted by atomic mass is 35.5. The van der Waals surface area contributed by atoms with Crippen LogP contribution in [-0.4, -0.2) is 28.8 Å². The Morgan fingerprint density at radius 3 is 2.74 bits per heavy atom. The first-order valence-corrected chi connectivity index (χ1v) is 5.95. The molecule has 1 atom stereocenters. The lowest BCUT2D eigenvalue weighted by Gasteiger charge is -2.10. The fourth-order valence-corrected chi connectivity index (χ4v) is 1.90. The van der Waals surface area contributed by atoms with Gasteiger partial charge in [-0.15, -0.1) is 0 Å². The van der Waals surface area contributed by atoms with Crippen molar-refractivity contribution in [3.63, 3.8) is 0 Å². The third kappa shape index (κ3) is 3.15. The number of anilines is 1. The van der Waals surface area contributed by atoms with Gasteiger partial charge in [-0.3, -0.25) is 4.79 Å². The summed E-state index contributed by atoms with van der Waals surface area (Å²) in [6.45, 7) is 0. The van der Waals surface area contributed by atoms with Gasteiger partial charge < -0.3 is 15.3 Å².